The maximum Gasteiger partial charge on any atom is 0.317 e. The summed E-state index contributed by atoms with van der Waals surface area (Å²) in [5.74, 6) is 2.26. The van der Waals surface area contributed by atoms with Crippen LogP contribution in [0.3, 0.4) is 0 Å². The number of nitrogens with one attached hydrogen (secondary N) is 1. The number of likely N-dealkylation sites (tertiary alicyclic amines) is 2. The minimum atomic E-state index is 0.0910. The van der Waals surface area contributed by atoms with Gasteiger partial charge in [0.15, 0.2) is 0 Å². The smallest absolute Gasteiger partial charge is 0.317 e. The molecule has 0 aromatic carbocycles. The molecule has 1 aromatic heterocycles. The number of hydrogen-bond donors (Lipinski definition) is 1. The highest BCUT2D eigenvalue weighted by Crippen LogP contribution is 2.37. The van der Waals surface area contributed by atoms with Gasteiger partial charge in [-0.1, -0.05) is 0 Å². The predicted octanol–water partition coefficient (Wildman–Crippen LogP) is 1.63. The number of carbonyl (C=O) groups is 1. The van der Waals surface area contributed by atoms with Gasteiger partial charge >= 0.3 is 6.03 Å². The van der Waals surface area contributed by atoms with Crippen LogP contribution in [0.1, 0.15) is 43.0 Å². The monoisotopic (exact) mass is 329 g/mol. The summed E-state index contributed by atoms with van der Waals surface area (Å²) >= 11 is 0. The fourth-order valence-electron chi connectivity index (χ4n) is 4.01. The van der Waals surface area contributed by atoms with E-state index in [1.165, 1.54) is 19.3 Å². The van der Waals surface area contributed by atoms with Gasteiger partial charge in [-0.2, -0.15) is 0 Å². The van der Waals surface area contributed by atoms with E-state index >= 15 is 0 Å². The first-order chi connectivity index (χ1) is 11.7. The van der Waals surface area contributed by atoms with Crippen molar-refractivity contribution in [3.63, 3.8) is 0 Å². The molecule has 3 heterocycles. The van der Waals surface area contributed by atoms with Crippen LogP contribution in [0.25, 0.3) is 0 Å². The highest BCUT2D eigenvalue weighted by atomic mass is 16.2. The fraction of sp³-hybridized carbons (Fsp3) is 0.722. The van der Waals surface area contributed by atoms with Crippen molar-refractivity contribution < 1.29 is 4.79 Å². The Bertz CT molecular complexity index is 586. The number of nitrogens with zero attached hydrogens (tertiary/aromatic N) is 4. The summed E-state index contributed by atoms with van der Waals surface area (Å²) in [6.07, 6.45) is 9.44. The van der Waals surface area contributed by atoms with Gasteiger partial charge in [0, 0.05) is 44.0 Å². The van der Waals surface area contributed by atoms with Gasteiger partial charge in [0.2, 0.25) is 0 Å². The van der Waals surface area contributed by atoms with E-state index in [0.29, 0.717) is 24.4 Å². The molecule has 6 nitrogen and oxygen atoms in total. The van der Waals surface area contributed by atoms with Gasteiger partial charge in [-0.25, -0.2) is 14.8 Å². The first-order valence-electron chi connectivity index (χ1n) is 9.24. The standard InChI is InChI=1S/C18H27N5O/c1-22-8-5-14-6-9-23(16(14)12-22)18(24)19-7-4-13-10-20-17(21-11-13)15-2-3-15/h10-11,14-16H,2-9,12H2,1H3,(H,19,24)/t14-,16-/m1/s1. The Balaban J connectivity index is 1.25. The molecular formula is C18H27N5O. The molecule has 130 valence electrons. The van der Waals surface area contributed by atoms with Crippen molar-refractivity contribution in [2.24, 2.45) is 5.92 Å². The molecule has 2 aliphatic heterocycles. The molecule has 1 N–H and O–H groups in total. The van der Waals surface area contributed by atoms with Crippen molar-refractivity contribution in [2.75, 3.05) is 33.2 Å². The third-order valence-electron chi connectivity index (χ3n) is 5.68. The first-order valence-corrected chi connectivity index (χ1v) is 9.24. The van der Waals surface area contributed by atoms with Gasteiger partial charge in [-0.15, -0.1) is 0 Å². The Labute approximate surface area is 143 Å². The molecule has 24 heavy (non-hydrogen) atoms. The van der Waals surface area contributed by atoms with E-state index < -0.39 is 0 Å². The number of hydrogen-bond acceptors (Lipinski definition) is 4. The van der Waals surface area contributed by atoms with Crippen LogP contribution in [0.4, 0.5) is 4.79 Å². The fourth-order valence-corrected chi connectivity index (χ4v) is 4.01. The Kier molecular flexibility index (Phi) is 4.39. The Morgan fingerprint density at radius 1 is 1.21 bits per heavy atom. The zero-order chi connectivity index (χ0) is 16.5. The van der Waals surface area contributed by atoms with Crippen LogP contribution in [-0.2, 0) is 6.42 Å². The number of carbonyl (C=O) groups excluding carboxylic acids is 1. The summed E-state index contributed by atoms with van der Waals surface area (Å²) < 4.78 is 0. The summed E-state index contributed by atoms with van der Waals surface area (Å²) in [7, 11) is 2.15. The topological polar surface area (TPSA) is 61.4 Å². The molecule has 0 unspecified atom stereocenters. The van der Waals surface area contributed by atoms with E-state index in [0.717, 1.165) is 43.9 Å². The zero-order valence-electron chi connectivity index (χ0n) is 14.4. The predicted molar refractivity (Wildman–Crippen MR) is 91.8 cm³/mol. The van der Waals surface area contributed by atoms with Crippen molar-refractivity contribution in [1.82, 2.24) is 25.1 Å². The van der Waals surface area contributed by atoms with E-state index in [9.17, 15) is 4.79 Å². The molecule has 0 bridgehead atoms. The van der Waals surface area contributed by atoms with Crippen molar-refractivity contribution in [2.45, 2.75) is 44.1 Å². The van der Waals surface area contributed by atoms with Crippen molar-refractivity contribution >= 4 is 6.03 Å². The summed E-state index contributed by atoms with van der Waals surface area (Å²) in [6, 6.07) is 0.484. The van der Waals surface area contributed by atoms with Crippen LogP contribution in [-0.4, -0.2) is 65.1 Å². The van der Waals surface area contributed by atoms with E-state index in [2.05, 4.69) is 27.2 Å². The van der Waals surface area contributed by atoms with E-state index in [-0.39, 0.29) is 6.03 Å². The highest BCUT2D eigenvalue weighted by molar-refractivity contribution is 5.75. The molecule has 3 fully saturated rings. The van der Waals surface area contributed by atoms with Crippen LogP contribution in [0, 0.1) is 5.92 Å². The second-order valence-electron chi connectivity index (χ2n) is 7.57. The largest absolute Gasteiger partial charge is 0.338 e. The molecule has 2 atom stereocenters. The zero-order valence-corrected chi connectivity index (χ0v) is 14.4. The molecule has 3 aliphatic rings. The third kappa shape index (κ3) is 3.38. The normalized spacial score (nSPS) is 27.1. The molecule has 0 spiro atoms. The number of rotatable bonds is 4. The highest BCUT2D eigenvalue weighted by Gasteiger charge is 2.39. The first kappa shape index (κ1) is 15.8. The summed E-state index contributed by atoms with van der Waals surface area (Å²) in [5.41, 5.74) is 1.09. The van der Waals surface area contributed by atoms with Gasteiger partial charge in [0.1, 0.15) is 5.82 Å². The third-order valence-corrected chi connectivity index (χ3v) is 5.68. The Hall–Kier alpha value is -1.69. The minimum absolute atomic E-state index is 0.0910. The molecule has 2 saturated heterocycles. The Morgan fingerprint density at radius 2 is 1.96 bits per heavy atom. The number of fused-ring (bicyclic) bond motifs is 1. The lowest BCUT2D eigenvalue weighted by Crippen LogP contribution is -2.51. The second-order valence-corrected chi connectivity index (χ2v) is 7.57. The molecule has 6 heteroatoms. The summed E-state index contributed by atoms with van der Waals surface area (Å²) in [6.45, 7) is 3.71. The number of likely N-dealkylation sites (N-methyl/N-ethyl adjacent to an activating group) is 1. The molecule has 1 aliphatic carbocycles. The van der Waals surface area contributed by atoms with Crippen molar-refractivity contribution in [3.8, 4) is 0 Å². The van der Waals surface area contributed by atoms with Gasteiger partial charge in [-0.05, 0) is 57.2 Å². The average molecular weight is 329 g/mol. The van der Waals surface area contributed by atoms with Crippen molar-refractivity contribution in [3.05, 3.63) is 23.8 Å². The van der Waals surface area contributed by atoms with Gasteiger partial charge < -0.3 is 15.1 Å². The van der Waals surface area contributed by atoms with Crippen LogP contribution < -0.4 is 5.32 Å². The quantitative estimate of drug-likeness (QED) is 0.912. The van der Waals surface area contributed by atoms with E-state index in [1.807, 2.05) is 17.3 Å². The van der Waals surface area contributed by atoms with Gasteiger partial charge in [-0.3, -0.25) is 0 Å². The Morgan fingerprint density at radius 3 is 2.71 bits per heavy atom. The molecule has 2 amide bonds. The minimum Gasteiger partial charge on any atom is -0.338 e. The van der Waals surface area contributed by atoms with Crippen molar-refractivity contribution in [1.29, 1.82) is 0 Å². The molecule has 0 radical (unpaired) electrons. The number of amides is 2. The second kappa shape index (κ2) is 6.67. The van der Waals surface area contributed by atoms with Gasteiger partial charge in [0.25, 0.3) is 0 Å². The average Bonchev–Trinajstić information content (AvgIpc) is 3.35. The number of piperidine rings is 1. The number of urea groups is 1. The SMILES string of the molecule is CN1CC[C@@H]2CCN(C(=O)NCCc3cnc(C4CC4)nc3)[C@@H]2C1. The van der Waals surface area contributed by atoms with E-state index in [1.54, 1.807) is 0 Å². The number of aromatic nitrogens is 2. The van der Waals surface area contributed by atoms with Crippen LogP contribution in [0.2, 0.25) is 0 Å². The molecule has 1 aromatic rings. The van der Waals surface area contributed by atoms with Crippen LogP contribution in [0.15, 0.2) is 12.4 Å². The lowest BCUT2D eigenvalue weighted by atomic mass is 9.92. The maximum absolute atomic E-state index is 12.5. The molecule has 4 rings (SSSR count). The molecular weight excluding hydrogens is 302 g/mol. The lowest BCUT2D eigenvalue weighted by molar-refractivity contribution is 0.131. The van der Waals surface area contributed by atoms with E-state index in [4.69, 9.17) is 0 Å². The molecule has 1 saturated carbocycles. The summed E-state index contributed by atoms with van der Waals surface area (Å²) in [5, 5.41) is 3.08. The van der Waals surface area contributed by atoms with Gasteiger partial charge in [0.05, 0.1) is 0 Å². The lowest BCUT2D eigenvalue weighted by Gasteiger charge is -2.36. The van der Waals surface area contributed by atoms with Crippen LogP contribution >= 0.6 is 0 Å². The van der Waals surface area contributed by atoms with Crippen LogP contribution in [0.5, 0.6) is 0 Å². The maximum atomic E-state index is 12.5. The summed E-state index contributed by atoms with van der Waals surface area (Å²) in [4.78, 5) is 25.8.